The van der Waals surface area contributed by atoms with Gasteiger partial charge in [-0.2, -0.15) is 35.9 Å². The van der Waals surface area contributed by atoms with E-state index >= 15 is 0 Å². The molecule has 1 aromatic rings. The van der Waals surface area contributed by atoms with E-state index < -0.39 is 11.3 Å². The summed E-state index contributed by atoms with van der Waals surface area (Å²) in [6, 6.07) is 11.3. The predicted octanol–water partition coefficient (Wildman–Crippen LogP) is 1.74. The Balaban J connectivity index is 0.00000338. The molecular formula is C21H30LiNO3. The summed E-state index contributed by atoms with van der Waals surface area (Å²) >= 11 is 0. The first-order chi connectivity index (χ1) is 11.7. The summed E-state index contributed by atoms with van der Waals surface area (Å²) in [5, 5.41) is 0. The molecule has 1 fully saturated rings. The van der Waals surface area contributed by atoms with Gasteiger partial charge in [0.2, 0.25) is 0 Å². The van der Waals surface area contributed by atoms with Crippen LogP contribution in [0.3, 0.4) is 0 Å². The van der Waals surface area contributed by atoms with Crippen molar-refractivity contribution in [2.45, 2.75) is 71.2 Å². The standard InChI is InChI=1S/C21H30NO3.Li/c1-20(2,3)25-19(23)22-18(16-24-21(22,4)5)15-11-7-10-14-17-12-8-6-9-13-17;/h6-9,11-12,18H,10,14-16H2,1-5H3;/q-1;+1/b11-7+;/t18-;/m0./s1. The van der Waals surface area contributed by atoms with Gasteiger partial charge in [0.05, 0.1) is 12.6 Å². The molecule has 0 unspecified atom stereocenters. The van der Waals surface area contributed by atoms with Crippen molar-refractivity contribution < 1.29 is 33.1 Å². The van der Waals surface area contributed by atoms with Crippen LogP contribution in [0.15, 0.2) is 36.4 Å². The predicted molar refractivity (Wildman–Crippen MR) is 99.2 cm³/mol. The maximum Gasteiger partial charge on any atom is 1.00 e. The molecule has 1 aromatic carbocycles. The Morgan fingerprint density at radius 3 is 2.73 bits per heavy atom. The molecule has 4 nitrogen and oxygen atoms in total. The van der Waals surface area contributed by atoms with E-state index in [1.54, 1.807) is 4.90 Å². The van der Waals surface area contributed by atoms with Crippen LogP contribution in [0.1, 0.15) is 53.0 Å². The molecule has 0 bridgehead atoms. The Labute approximate surface area is 170 Å². The molecule has 26 heavy (non-hydrogen) atoms. The van der Waals surface area contributed by atoms with Gasteiger partial charge in [0.25, 0.3) is 0 Å². The number of rotatable bonds is 5. The van der Waals surface area contributed by atoms with Crippen LogP contribution < -0.4 is 18.9 Å². The summed E-state index contributed by atoms with van der Waals surface area (Å²) < 4.78 is 11.4. The minimum atomic E-state index is -0.639. The van der Waals surface area contributed by atoms with Gasteiger partial charge < -0.3 is 9.47 Å². The van der Waals surface area contributed by atoms with Crippen molar-refractivity contribution in [2.75, 3.05) is 6.61 Å². The second kappa shape index (κ2) is 9.64. The van der Waals surface area contributed by atoms with Crippen molar-refractivity contribution >= 4 is 6.09 Å². The van der Waals surface area contributed by atoms with Gasteiger partial charge in [-0.3, -0.25) is 4.90 Å². The van der Waals surface area contributed by atoms with Gasteiger partial charge in [-0.05, 0) is 53.9 Å². The van der Waals surface area contributed by atoms with E-state index in [2.05, 4.69) is 24.3 Å². The number of ether oxygens (including phenoxy) is 2. The van der Waals surface area contributed by atoms with E-state index in [1.807, 2.05) is 52.8 Å². The van der Waals surface area contributed by atoms with Crippen molar-refractivity contribution in [2.24, 2.45) is 0 Å². The largest absolute Gasteiger partial charge is 1.00 e. The van der Waals surface area contributed by atoms with Gasteiger partial charge >= 0.3 is 25.0 Å². The third kappa shape index (κ3) is 6.83. The molecule has 1 aliphatic heterocycles. The minimum absolute atomic E-state index is 0. The van der Waals surface area contributed by atoms with Crippen molar-refractivity contribution in [1.82, 2.24) is 4.90 Å². The van der Waals surface area contributed by atoms with Gasteiger partial charge in [-0.1, -0.05) is 12.2 Å². The normalized spacial score (nSPS) is 19.4. The van der Waals surface area contributed by atoms with E-state index in [-0.39, 0.29) is 31.0 Å². The van der Waals surface area contributed by atoms with Crippen LogP contribution >= 0.6 is 0 Å². The third-order valence-corrected chi connectivity index (χ3v) is 4.09. The van der Waals surface area contributed by atoms with Crippen LogP contribution in [0.25, 0.3) is 0 Å². The molecular weight excluding hydrogens is 321 g/mol. The second-order valence-electron chi connectivity index (χ2n) is 7.90. The van der Waals surface area contributed by atoms with E-state index in [0.717, 1.165) is 19.3 Å². The van der Waals surface area contributed by atoms with E-state index in [4.69, 9.17) is 9.47 Å². The molecule has 5 heteroatoms. The van der Waals surface area contributed by atoms with Gasteiger partial charge in [0.15, 0.2) is 0 Å². The fourth-order valence-corrected chi connectivity index (χ4v) is 2.93. The molecule has 1 aliphatic rings. The average Bonchev–Trinajstić information content (AvgIpc) is 2.81. The minimum Gasteiger partial charge on any atom is -0.444 e. The van der Waals surface area contributed by atoms with Crippen LogP contribution in [0.5, 0.6) is 0 Å². The van der Waals surface area contributed by atoms with Gasteiger partial charge in [-0.25, -0.2) is 4.79 Å². The van der Waals surface area contributed by atoms with Crippen molar-refractivity contribution in [3.63, 3.8) is 0 Å². The number of hydrogen-bond donors (Lipinski definition) is 0. The second-order valence-corrected chi connectivity index (χ2v) is 7.90. The summed E-state index contributed by atoms with van der Waals surface area (Å²) in [7, 11) is 0. The molecule has 2 rings (SSSR count). The zero-order chi connectivity index (χ0) is 18.5. The monoisotopic (exact) mass is 351 g/mol. The number of amides is 1. The first kappa shape index (κ1) is 22.8. The van der Waals surface area contributed by atoms with E-state index in [1.165, 1.54) is 5.56 Å². The number of benzene rings is 1. The molecule has 0 radical (unpaired) electrons. The maximum atomic E-state index is 12.6. The van der Waals surface area contributed by atoms with E-state index in [0.29, 0.717) is 6.61 Å². The third-order valence-electron chi connectivity index (χ3n) is 4.09. The smallest absolute Gasteiger partial charge is 0.444 e. The summed E-state index contributed by atoms with van der Waals surface area (Å²) in [5.74, 6) is 0. The quantitative estimate of drug-likeness (QED) is 0.461. The zero-order valence-electron chi connectivity index (χ0n) is 17.0. The van der Waals surface area contributed by atoms with Crippen LogP contribution in [0.2, 0.25) is 0 Å². The van der Waals surface area contributed by atoms with Crippen molar-refractivity contribution in [3.05, 3.63) is 48.0 Å². The Hall–Kier alpha value is -1.21. The first-order valence-electron chi connectivity index (χ1n) is 8.96. The fraction of sp³-hybridized carbons (Fsp3) is 0.571. The molecule has 0 saturated carbocycles. The number of carbonyl (C=O) groups is 1. The number of nitrogens with zero attached hydrogens (tertiary/aromatic N) is 1. The zero-order valence-corrected chi connectivity index (χ0v) is 17.0. The number of allylic oxidation sites excluding steroid dienone is 1. The van der Waals surface area contributed by atoms with Crippen LogP contribution in [-0.2, 0) is 15.9 Å². The fourth-order valence-electron chi connectivity index (χ4n) is 2.93. The van der Waals surface area contributed by atoms with Crippen LogP contribution in [-0.4, -0.2) is 35.0 Å². The van der Waals surface area contributed by atoms with Crippen molar-refractivity contribution in [1.29, 1.82) is 0 Å². The first-order valence-corrected chi connectivity index (χ1v) is 8.96. The Bertz CT molecular complexity index is 593. The summed E-state index contributed by atoms with van der Waals surface area (Å²) in [6.45, 7) is 9.99. The molecule has 0 aliphatic carbocycles. The Morgan fingerprint density at radius 1 is 1.38 bits per heavy atom. The van der Waals surface area contributed by atoms with Gasteiger partial charge in [0, 0.05) is 0 Å². The summed E-state index contributed by atoms with van der Waals surface area (Å²) in [5.41, 5.74) is 0.0650. The number of aryl methyl sites for hydroxylation is 1. The summed E-state index contributed by atoms with van der Waals surface area (Å²) in [4.78, 5) is 14.3. The molecule has 0 N–H and O–H groups in total. The molecule has 0 aromatic heterocycles. The number of hydrogen-bond acceptors (Lipinski definition) is 3. The molecule has 138 valence electrons. The van der Waals surface area contributed by atoms with Crippen LogP contribution in [0.4, 0.5) is 4.79 Å². The van der Waals surface area contributed by atoms with E-state index in [9.17, 15) is 4.79 Å². The van der Waals surface area contributed by atoms with Crippen molar-refractivity contribution in [3.8, 4) is 0 Å². The summed E-state index contributed by atoms with van der Waals surface area (Å²) in [6.07, 6.45) is 6.69. The van der Waals surface area contributed by atoms with Gasteiger partial charge in [-0.15, -0.1) is 0 Å². The molecule has 1 saturated heterocycles. The molecule has 1 atom stereocenters. The average molecular weight is 351 g/mol. The molecule has 1 amide bonds. The number of carbonyl (C=O) groups excluding carboxylic acids is 1. The Kier molecular flexibility index (Phi) is 8.47. The van der Waals surface area contributed by atoms with Gasteiger partial charge in [0.1, 0.15) is 11.3 Å². The molecule has 1 heterocycles. The van der Waals surface area contributed by atoms with Crippen LogP contribution in [0, 0.1) is 6.07 Å². The Morgan fingerprint density at radius 2 is 2.12 bits per heavy atom. The SMILES string of the molecule is CC(C)(C)OC(=O)N1[C@@H](C/C=C/CCc2[c-]cccc2)COC1(C)C.[Li+]. The molecule has 0 spiro atoms. The maximum absolute atomic E-state index is 12.6. The topological polar surface area (TPSA) is 38.8 Å².